The van der Waals surface area contributed by atoms with Crippen molar-refractivity contribution < 1.29 is 4.74 Å². The van der Waals surface area contributed by atoms with Crippen molar-refractivity contribution in [3.8, 4) is 5.88 Å². The molecule has 0 saturated carbocycles. The van der Waals surface area contributed by atoms with Crippen LogP contribution in [-0.4, -0.2) is 17.1 Å². The van der Waals surface area contributed by atoms with E-state index in [1.165, 1.54) is 15.4 Å². The number of hydrogen-bond acceptors (Lipinski definition) is 5. The first-order valence-electron chi connectivity index (χ1n) is 5.95. The van der Waals surface area contributed by atoms with Crippen LogP contribution in [0.5, 0.6) is 5.88 Å². The fourth-order valence-electron chi connectivity index (χ4n) is 1.60. The van der Waals surface area contributed by atoms with Gasteiger partial charge in [-0.3, -0.25) is 0 Å². The number of pyridine rings is 1. The first kappa shape index (κ1) is 13.0. The molecule has 0 aromatic carbocycles. The number of rotatable bonds is 6. The molecule has 5 heteroatoms. The molecule has 0 radical (unpaired) electrons. The summed E-state index contributed by atoms with van der Waals surface area (Å²) in [6.45, 7) is 3.78. The summed E-state index contributed by atoms with van der Waals surface area (Å²) in [5.41, 5.74) is 1.17. The van der Waals surface area contributed by atoms with E-state index in [4.69, 9.17) is 4.74 Å². The minimum Gasteiger partial charge on any atom is -0.481 e. The standard InChI is InChI=1S/C13H17N3OS/c1-3-13-16-9-11(18-13)8-14-7-10-4-5-15-12(6-10)17-2/h4-6,9,14H,3,7-8H2,1-2H3. The highest BCUT2D eigenvalue weighted by Crippen LogP contribution is 2.13. The van der Waals surface area contributed by atoms with Crippen molar-refractivity contribution in [2.75, 3.05) is 7.11 Å². The van der Waals surface area contributed by atoms with Crippen LogP contribution in [0.2, 0.25) is 0 Å². The molecule has 18 heavy (non-hydrogen) atoms. The zero-order valence-electron chi connectivity index (χ0n) is 10.6. The molecule has 2 aromatic rings. The highest BCUT2D eigenvalue weighted by Gasteiger charge is 2.01. The molecule has 0 fully saturated rings. The van der Waals surface area contributed by atoms with Crippen LogP contribution in [-0.2, 0) is 19.5 Å². The molecule has 2 rings (SSSR count). The third-order valence-corrected chi connectivity index (χ3v) is 3.68. The summed E-state index contributed by atoms with van der Waals surface area (Å²) < 4.78 is 5.09. The lowest BCUT2D eigenvalue weighted by Gasteiger charge is -2.04. The molecule has 1 N–H and O–H groups in total. The van der Waals surface area contributed by atoms with Crippen molar-refractivity contribution in [3.05, 3.63) is 40.0 Å². The minimum absolute atomic E-state index is 0.653. The normalized spacial score (nSPS) is 10.6. The molecule has 0 aliphatic heterocycles. The lowest BCUT2D eigenvalue weighted by Crippen LogP contribution is -2.11. The number of nitrogens with one attached hydrogen (secondary N) is 1. The average molecular weight is 263 g/mol. The molecular formula is C13H17N3OS. The second-order valence-corrected chi connectivity index (χ2v) is 5.08. The van der Waals surface area contributed by atoms with Gasteiger partial charge in [0.1, 0.15) is 0 Å². The maximum absolute atomic E-state index is 5.09. The van der Waals surface area contributed by atoms with Crippen LogP contribution in [0.25, 0.3) is 0 Å². The molecule has 2 heterocycles. The average Bonchev–Trinajstić information content (AvgIpc) is 2.87. The van der Waals surface area contributed by atoms with E-state index in [2.05, 4.69) is 22.2 Å². The summed E-state index contributed by atoms with van der Waals surface area (Å²) in [6, 6.07) is 3.93. The van der Waals surface area contributed by atoms with Crippen LogP contribution in [0.1, 0.15) is 22.4 Å². The number of nitrogens with zero attached hydrogens (tertiary/aromatic N) is 2. The molecule has 96 valence electrons. The molecular weight excluding hydrogens is 246 g/mol. The Morgan fingerprint density at radius 3 is 2.94 bits per heavy atom. The number of aryl methyl sites for hydroxylation is 1. The van der Waals surface area contributed by atoms with Gasteiger partial charge in [-0.1, -0.05) is 6.92 Å². The molecule has 0 aliphatic rings. The fraction of sp³-hybridized carbons (Fsp3) is 0.385. The SMILES string of the molecule is CCc1ncc(CNCc2ccnc(OC)c2)s1. The maximum Gasteiger partial charge on any atom is 0.213 e. The summed E-state index contributed by atoms with van der Waals surface area (Å²) in [6.07, 6.45) is 4.72. The highest BCUT2D eigenvalue weighted by atomic mass is 32.1. The number of aromatic nitrogens is 2. The number of hydrogen-bond donors (Lipinski definition) is 1. The van der Waals surface area contributed by atoms with E-state index in [9.17, 15) is 0 Å². The molecule has 0 bridgehead atoms. The number of thiazole rings is 1. The third-order valence-electron chi connectivity index (χ3n) is 2.54. The van der Waals surface area contributed by atoms with E-state index >= 15 is 0 Å². The lowest BCUT2D eigenvalue weighted by molar-refractivity contribution is 0.397. The quantitative estimate of drug-likeness (QED) is 0.869. The van der Waals surface area contributed by atoms with Gasteiger partial charge < -0.3 is 10.1 Å². The van der Waals surface area contributed by atoms with Gasteiger partial charge in [-0.25, -0.2) is 9.97 Å². The molecule has 0 amide bonds. The van der Waals surface area contributed by atoms with E-state index < -0.39 is 0 Å². The molecule has 0 saturated heterocycles. The molecule has 4 nitrogen and oxygen atoms in total. The Bertz CT molecular complexity index is 498. The molecule has 0 unspecified atom stereocenters. The summed E-state index contributed by atoms with van der Waals surface area (Å²) in [4.78, 5) is 9.69. The summed E-state index contributed by atoms with van der Waals surface area (Å²) in [7, 11) is 1.63. The first-order valence-corrected chi connectivity index (χ1v) is 6.76. The van der Waals surface area contributed by atoms with Crippen LogP contribution in [0.4, 0.5) is 0 Å². The number of ether oxygens (including phenoxy) is 1. The fourth-order valence-corrected chi connectivity index (χ4v) is 2.43. The highest BCUT2D eigenvalue weighted by molar-refractivity contribution is 7.11. The second-order valence-electron chi connectivity index (χ2n) is 3.88. The molecule has 0 aliphatic carbocycles. The lowest BCUT2D eigenvalue weighted by atomic mass is 10.2. The first-order chi connectivity index (χ1) is 8.81. The van der Waals surface area contributed by atoms with E-state index in [1.54, 1.807) is 24.6 Å². The molecule has 0 spiro atoms. The molecule has 2 aromatic heterocycles. The van der Waals surface area contributed by atoms with E-state index in [1.807, 2.05) is 18.3 Å². The smallest absolute Gasteiger partial charge is 0.213 e. The Hall–Kier alpha value is -1.46. The van der Waals surface area contributed by atoms with Gasteiger partial charge >= 0.3 is 0 Å². The topological polar surface area (TPSA) is 47.0 Å². The zero-order chi connectivity index (χ0) is 12.8. The van der Waals surface area contributed by atoms with E-state index in [-0.39, 0.29) is 0 Å². The van der Waals surface area contributed by atoms with E-state index in [0.29, 0.717) is 5.88 Å². The Kier molecular flexibility index (Phi) is 4.66. The van der Waals surface area contributed by atoms with Crippen molar-refractivity contribution in [1.82, 2.24) is 15.3 Å². The van der Waals surface area contributed by atoms with Crippen LogP contribution >= 0.6 is 11.3 Å². The predicted molar refractivity (Wildman–Crippen MR) is 72.8 cm³/mol. The van der Waals surface area contributed by atoms with Gasteiger partial charge in [0.05, 0.1) is 12.1 Å². The van der Waals surface area contributed by atoms with E-state index in [0.717, 1.165) is 19.5 Å². The van der Waals surface area contributed by atoms with Crippen molar-refractivity contribution in [3.63, 3.8) is 0 Å². The maximum atomic E-state index is 5.09. The predicted octanol–water partition coefficient (Wildman–Crippen LogP) is 2.40. The van der Waals surface area contributed by atoms with Gasteiger partial charge in [0, 0.05) is 36.4 Å². The zero-order valence-corrected chi connectivity index (χ0v) is 11.5. The van der Waals surface area contributed by atoms with Gasteiger partial charge in [-0.2, -0.15) is 0 Å². The van der Waals surface area contributed by atoms with Gasteiger partial charge in [0.15, 0.2) is 0 Å². The van der Waals surface area contributed by atoms with Crippen molar-refractivity contribution in [1.29, 1.82) is 0 Å². The van der Waals surface area contributed by atoms with Crippen molar-refractivity contribution >= 4 is 11.3 Å². The Morgan fingerprint density at radius 1 is 1.33 bits per heavy atom. The monoisotopic (exact) mass is 263 g/mol. The van der Waals surface area contributed by atoms with Crippen molar-refractivity contribution in [2.24, 2.45) is 0 Å². The summed E-state index contributed by atoms with van der Waals surface area (Å²) in [5, 5.41) is 4.59. The Morgan fingerprint density at radius 2 is 2.22 bits per heavy atom. The third kappa shape index (κ3) is 3.51. The van der Waals surface area contributed by atoms with Gasteiger partial charge in [0.25, 0.3) is 0 Å². The summed E-state index contributed by atoms with van der Waals surface area (Å²) >= 11 is 1.77. The van der Waals surface area contributed by atoms with Crippen molar-refractivity contribution in [2.45, 2.75) is 26.4 Å². The Labute approximate surface area is 111 Å². The van der Waals surface area contributed by atoms with Gasteiger partial charge in [-0.15, -0.1) is 11.3 Å². The van der Waals surface area contributed by atoms with Crippen LogP contribution < -0.4 is 10.1 Å². The van der Waals surface area contributed by atoms with Crippen LogP contribution in [0, 0.1) is 0 Å². The largest absolute Gasteiger partial charge is 0.481 e. The Balaban J connectivity index is 1.84. The summed E-state index contributed by atoms with van der Waals surface area (Å²) in [5.74, 6) is 0.653. The number of methoxy groups -OCH3 is 1. The van der Waals surface area contributed by atoms with Gasteiger partial charge in [0.2, 0.25) is 5.88 Å². The van der Waals surface area contributed by atoms with Crippen LogP contribution in [0.3, 0.4) is 0 Å². The molecule has 0 atom stereocenters. The minimum atomic E-state index is 0.653. The van der Waals surface area contributed by atoms with Crippen LogP contribution in [0.15, 0.2) is 24.5 Å². The van der Waals surface area contributed by atoms with Gasteiger partial charge in [-0.05, 0) is 18.1 Å². The second kappa shape index (κ2) is 6.47.